The number of carbonyl (C=O) groups is 2. The first-order chi connectivity index (χ1) is 6.31. The number of ketones is 1. The minimum atomic E-state index is 0. The van der Waals surface area contributed by atoms with Crippen LogP contribution in [0.1, 0.15) is 19.3 Å². The van der Waals surface area contributed by atoms with E-state index < -0.39 is 0 Å². The van der Waals surface area contributed by atoms with Crippen molar-refractivity contribution in [3.05, 3.63) is 0 Å². The van der Waals surface area contributed by atoms with Gasteiger partial charge in [-0.3, -0.25) is 4.79 Å². The van der Waals surface area contributed by atoms with Crippen molar-refractivity contribution in [3.63, 3.8) is 0 Å². The quantitative estimate of drug-likeness (QED) is 0.289. The molecule has 72 valence electrons. The van der Waals surface area contributed by atoms with E-state index in [1.54, 1.807) is 0 Å². The molecule has 0 saturated carbocycles. The summed E-state index contributed by atoms with van der Waals surface area (Å²) < 4.78 is 0. The Balaban J connectivity index is 0.000000980. The summed E-state index contributed by atoms with van der Waals surface area (Å²) >= 11 is 0. The second kappa shape index (κ2) is 5.40. The normalized spacial score (nSPS) is 34.7. The van der Waals surface area contributed by atoms with Crippen molar-refractivity contribution < 1.29 is 39.1 Å². The van der Waals surface area contributed by atoms with E-state index in [-0.39, 0.29) is 47.7 Å². The van der Waals surface area contributed by atoms with Crippen molar-refractivity contribution >= 4 is 12.1 Å². The van der Waals surface area contributed by atoms with Gasteiger partial charge in [-0.05, 0) is 31.8 Å². The molecule has 3 aliphatic heterocycles. The van der Waals surface area contributed by atoms with Crippen LogP contribution in [0.4, 0.5) is 0 Å². The monoisotopic (exact) mass is 204 g/mol. The molecule has 1 atom stereocenters. The summed E-state index contributed by atoms with van der Waals surface area (Å²) in [5.74, 6) is 0.884. The number of nitrogens with zero attached hydrogens (tertiary/aromatic N) is 1. The molecule has 3 saturated heterocycles. The number of aldehydes is 1. The third-order valence-corrected chi connectivity index (χ3v) is 3.35. The molecule has 3 nitrogen and oxygen atoms in total. The second-order valence-electron chi connectivity index (χ2n) is 4.08. The SMILES string of the molecule is O=CCC(=O)C1CN2CCC1CC2.[Na+]. The van der Waals surface area contributed by atoms with Crippen LogP contribution in [0.3, 0.4) is 0 Å². The number of fused-ring (bicyclic) bond motifs is 3. The molecule has 3 fully saturated rings. The average Bonchev–Trinajstić information content (AvgIpc) is 2.20. The number of hydrogen-bond acceptors (Lipinski definition) is 3. The second-order valence-corrected chi connectivity index (χ2v) is 4.08. The van der Waals surface area contributed by atoms with E-state index in [9.17, 15) is 9.59 Å². The van der Waals surface area contributed by atoms with Crippen molar-refractivity contribution in [2.24, 2.45) is 11.8 Å². The molecule has 2 bridgehead atoms. The molecule has 3 heterocycles. The van der Waals surface area contributed by atoms with Gasteiger partial charge in [-0.2, -0.15) is 0 Å². The number of carbonyl (C=O) groups excluding carboxylic acids is 2. The minimum Gasteiger partial charge on any atom is -0.303 e. The molecule has 3 aliphatic rings. The predicted octanol–water partition coefficient (Wildman–Crippen LogP) is -2.51. The zero-order valence-electron chi connectivity index (χ0n) is 8.74. The van der Waals surface area contributed by atoms with E-state index >= 15 is 0 Å². The first-order valence-corrected chi connectivity index (χ1v) is 5.00. The predicted molar refractivity (Wildman–Crippen MR) is 48.3 cm³/mol. The third-order valence-electron chi connectivity index (χ3n) is 3.35. The smallest absolute Gasteiger partial charge is 0.303 e. The minimum absolute atomic E-state index is 0. The standard InChI is InChI=1S/C10H15NO2.Na/c12-6-3-10(13)9-7-11-4-1-8(9)2-5-11;/h6,8-9H,1-5,7H2;/q;+1. The topological polar surface area (TPSA) is 37.4 Å². The molecule has 0 spiro atoms. The Morgan fingerprint density at radius 3 is 2.43 bits per heavy atom. The molecule has 4 heteroatoms. The van der Waals surface area contributed by atoms with E-state index in [4.69, 9.17) is 0 Å². The van der Waals surface area contributed by atoms with Crippen LogP contribution in [0.5, 0.6) is 0 Å². The van der Waals surface area contributed by atoms with Crippen molar-refractivity contribution in [1.82, 2.24) is 4.90 Å². The van der Waals surface area contributed by atoms with Gasteiger partial charge in [0, 0.05) is 12.5 Å². The maximum Gasteiger partial charge on any atom is 1.00 e. The van der Waals surface area contributed by atoms with Gasteiger partial charge in [0.25, 0.3) is 0 Å². The Kier molecular flexibility index (Phi) is 4.77. The van der Waals surface area contributed by atoms with Gasteiger partial charge in [0.2, 0.25) is 0 Å². The molecular formula is C10H15NNaO2+. The molecule has 0 aliphatic carbocycles. The van der Waals surface area contributed by atoms with Gasteiger partial charge >= 0.3 is 29.6 Å². The number of rotatable bonds is 3. The molecule has 0 aromatic carbocycles. The first kappa shape index (κ1) is 12.4. The van der Waals surface area contributed by atoms with Gasteiger partial charge in [-0.25, -0.2) is 0 Å². The summed E-state index contributed by atoms with van der Waals surface area (Å²) in [5, 5.41) is 0. The zero-order valence-corrected chi connectivity index (χ0v) is 10.7. The number of hydrogen-bond donors (Lipinski definition) is 0. The van der Waals surface area contributed by atoms with E-state index in [0.29, 0.717) is 5.92 Å². The van der Waals surface area contributed by atoms with Crippen LogP contribution < -0.4 is 29.6 Å². The van der Waals surface area contributed by atoms with E-state index in [0.717, 1.165) is 38.8 Å². The largest absolute Gasteiger partial charge is 1.00 e. The van der Waals surface area contributed by atoms with Crippen LogP contribution in [0.25, 0.3) is 0 Å². The van der Waals surface area contributed by atoms with Crippen LogP contribution in [-0.4, -0.2) is 36.6 Å². The van der Waals surface area contributed by atoms with Crippen LogP contribution in [0, 0.1) is 11.8 Å². The molecule has 0 N–H and O–H groups in total. The van der Waals surface area contributed by atoms with Crippen LogP contribution in [0.15, 0.2) is 0 Å². The summed E-state index contributed by atoms with van der Waals surface area (Å²) in [4.78, 5) is 24.1. The van der Waals surface area contributed by atoms with Crippen molar-refractivity contribution in [3.8, 4) is 0 Å². The molecule has 1 unspecified atom stereocenters. The summed E-state index contributed by atoms with van der Waals surface area (Å²) in [6, 6.07) is 0. The molecule has 14 heavy (non-hydrogen) atoms. The molecule has 3 rings (SSSR count). The van der Waals surface area contributed by atoms with Gasteiger partial charge in [-0.1, -0.05) is 0 Å². The van der Waals surface area contributed by atoms with Gasteiger partial charge in [-0.15, -0.1) is 0 Å². The van der Waals surface area contributed by atoms with Gasteiger partial charge < -0.3 is 9.69 Å². The first-order valence-electron chi connectivity index (χ1n) is 5.00. The van der Waals surface area contributed by atoms with E-state index in [2.05, 4.69) is 4.90 Å². The molecule has 0 radical (unpaired) electrons. The Morgan fingerprint density at radius 2 is 2.00 bits per heavy atom. The maximum absolute atomic E-state index is 11.5. The Bertz CT molecular complexity index is 224. The van der Waals surface area contributed by atoms with Crippen molar-refractivity contribution in [1.29, 1.82) is 0 Å². The van der Waals surface area contributed by atoms with Crippen LogP contribution in [-0.2, 0) is 9.59 Å². The summed E-state index contributed by atoms with van der Waals surface area (Å²) in [6.07, 6.45) is 3.15. The van der Waals surface area contributed by atoms with E-state index in [1.807, 2.05) is 0 Å². The van der Waals surface area contributed by atoms with E-state index in [1.165, 1.54) is 0 Å². The summed E-state index contributed by atoms with van der Waals surface area (Å²) in [5.41, 5.74) is 0. The van der Waals surface area contributed by atoms with Crippen molar-refractivity contribution in [2.75, 3.05) is 19.6 Å². The Morgan fingerprint density at radius 1 is 1.36 bits per heavy atom. The molecular weight excluding hydrogens is 189 g/mol. The fourth-order valence-electron chi connectivity index (χ4n) is 2.56. The maximum atomic E-state index is 11.5. The fraction of sp³-hybridized carbons (Fsp3) is 0.800. The van der Waals surface area contributed by atoms with Gasteiger partial charge in [0.15, 0.2) is 0 Å². The zero-order chi connectivity index (χ0) is 9.26. The number of piperidine rings is 3. The summed E-state index contributed by atoms with van der Waals surface area (Å²) in [7, 11) is 0. The third kappa shape index (κ3) is 2.45. The molecule has 0 aromatic rings. The number of Topliss-reactive ketones (excluding diaryl/α,β-unsaturated/α-hetero) is 1. The average molecular weight is 204 g/mol. The molecule has 0 aromatic heterocycles. The van der Waals surface area contributed by atoms with Gasteiger partial charge in [0.1, 0.15) is 12.1 Å². The summed E-state index contributed by atoms with van der Waals surface area (Å²) in [6.45, 7) is 3.20. The van der Waals surface area contributed by atoms with Crippen LogP contribution in [0.2, 0.25) is 0 Å². The van der Waals surface area contributed by atoms with Crippen molar-refractivity contribution in [2.45, 2.75) is 19.3 Å². The molecule has 0 amide bonds. The van der Waals surface area contributed by atoms with Gasteiger partial charge in [0.05, 0.1) is 6.42 Å². The fourth-order valence-corrected chi connectivity index (χ4v) is 2.56. The Hall–Kier alpha value is 0.300. The van der Waals surface area contributed by atoms with Crippen LogP contribution >= 0.6 is 0 Å². The Labute approximate surface area is 107 Å².